The summed E-state index contributed by atoms with van der Waals surface area (Å²) in [5, 5.41) is 0.882. The molecule has 3 rings (SSSR count). The van der Waals surface area contributed by atoms with Crippen LogP contribution in [0.4, 0.5) is 0 Å². The molecule has 162 valence electrons. The van der Waals surface area contributed by atoms with Crippen molar-refractivity contribution in [1.29, 1.82) is 0 Å². The van der Waals surface area contributed by atoms with Crippen LogP contribution in [0.15, 0.2) is 47.2 Å². The topological polar surface area (TPSA) is 88.0 Å². The third-order valence-corrected chi connectivity index (χ3v) is 6.65. The van der Waals surface area contributed by atoms with Crippen LogP contribution in [-0.2, 0) is 4.79 Å². The van der Waals surface area contributed by atoms with Gasteiger partial charge in [-0.05, 0) is 36.5 Å². The standard InChI is InChI=1S/C22H29Cl2N5O/c1-3-27-21(20-14(2)4-7-19(20)26)28-8-10-29(11-9-28)22(30)16(13-25)15-5-6-17(23)18(24)12-15/h3,5-6,12,14,16H,1,4,7-11,13,25-26H2,2H3/t14-,16-/m1/s1. The number of allylic oxidation sites excluding steroid dienone is 1. The van der Waals surface area contributed by atoms with E-state index in [4.69, 9.17) is 34.7 Å². The van der Waals surface area contributed by atoms with Gasteiger partial charge in [0, 0.05) is 50.2 Å². The highest BCUT2D eigenvalue weighted by Crippen LogP contribution is 2.32. The van der Waals surface area contributed by atoms with Gasteiger partial charge in [-0.15, -0.1) is 0 Å². The predicted molar refractivity (Wildman–Crippen MR) is 124 cm³/mol. The van der Waals surface area contributed by atoms with Crippen molar-refractivity contribution >= 4 is 34.9 Å². The van der Waals surface area contributed by atoms with E-state index in [1.54, 1.807) is 18.3 Å². The smallest absolute Gasteiger partial charge is 0.231 e. The number of benzene rings is 1. The van der Waals surface area contributed by atoms with Gasteiger partial charge in [-0.3, -0.25) is 4.79 Å². The van der Waals surface area contributed by atoms with Crippen molar-refractivity contribution in [3.05, 3.63) is 57.9 Å². The van der Waals surface area contributed by atoms with Gasteiger partial charge < -0.3 is 21.3 Å². The fourth-order valence-corrected chi connectivity index (χ4v) is 4.51. The Labute approximate surface area is 188 Å². The monoisotopic (exact) mass is 449 g/mol. The molecule has 8 heteroatoms. The summed E-state index contributed by atoms with van der Waals surface area (Å²) < 4.78 is 0. The maximum atomic E-state index is 13.2. The van der Waals surface area contributed by atoms with E-state index in [-0.39, 0.29) is 12.5 Å². The molecule has 2 atom stereocenters. The SMILES string of the molecule is C=CN=C(C1=C(N)CC[C@H]1C)N1CCN(C(=O)[C@H](CN)c2ccc(Cl)c(Cl)c2)CC1. The molecule has 30 heavy (non-hydrogen) atoms. The number of carbonyl (C=O) groups is 1. The molecule has 1 heterocycles. The largest absolute Gasteiger partial charge is 0.402 e. The summed E-state index contributed by atoms with van der Waals surface area (Å²) in [6.07, 6.45) is 3.50. The van der Waals surface area contributed by atoms with Gasteiger partial charge in [0.1, 0.15) is 5.84 Å². The van der Waals surface area contributed by atoms with Crippen LogP contribution in [0.1, 0.15) is 31.2 Å². The maximum Gasteiger partial charge on any atom is 0.231 e. The Hall–Kier alpha value is -2.02. The van der Waals surface area contributed by atoms with E-state index in [1.807, 2.05) is 11.0 Å². The van der Waals surface area contributed by atoms with Crippen molar-refractivity contribution in [1.82, 2.24) is 9.80 Å². The van der Waals surface area contributed by atoms with E-state index < -0.39 is 5.92 Å². The number of aliphatic imine (C=N–C) groups is 1. The first-order chi connectivity index (χ1) is 14.4. The summed E-state index contributed by atoms with van der Waals surface area (Å²) in [7, 11) is 0. The van der Waals surface area contributed by atoms with Crippen molar-refractivity contribution in [3.63, 3.8) is 0 Å². The number of rotatable bonds is 5. The summed E-state index contributed by atoms with van der Waals surface area (Å²) in [6.45, 7) is 8.70. The third-order valence-electron chi connectivity index (χ3n) is 5.91. The van der Waals surface area contributed by atoms with Crippen molar-refractivity contribution in [2.45, 2.75) is 25.7 Å². The lowest BCUT2D eigenvalue weighted by molar-refractivity contribution is -0.133. The average Bonchev–Trinajstić information content (AvgIpc) is 3.07. The summed E-state index contributed by atoms with van der Waals surface area (Å²) in [5.41, 5.74) is 15.0. The number of hydrogen-bond donors (Lipinski definition) is 2. The Bertz CT molecular complexity index is 874. The molecule has 4 N–H and O–H groups in total. The molecule has 1 aliphatic heterocycles. The van der Waals surface area contributed by atoms with Crippen LogP contribution in [0.5, 0.6) is 0 Å². The molecular formula is C22H29Cl2N5O. The van der Waals surface area contributed by atoms with Crippen LogP contribution in [0.3, 0.4) is 0 Å². The summed E-state index contributed by atoms with van der Waals surface area (Å²) in [6, 6.07) is 5.23. The van der Waals surface area contributed by atoms with Crippen molar-refractivity contribution in [3.8, 4) is 0 Å². The number of halogens is 2. The number of nitrogens with zero attached hydrogens (tertiary/aromatic N) is 3. The number of carbonyl (C=O) groups excluding carboxylic acids is 1. The van der Waals surface area contributed by atoms with Gasteiger partial charge in [0.2, 0.25) is 5.91 Å². The molecule has 0 aromatic heterocycles. The van der Waals surface area contributed by atoms with Crippen LogP contribution in [-0.4, -0.2) is 54.3 Å². The fourth-order valence-electron chi connectivity index (χ4n) is 4.21. The average molecular weight is 450 g/mol. The van der Waals surface area contributed by atoms with Crippen LogP contribution >= 0.6 is 23.2 Å². The molecule has 1 fully saturated rings. The Kier molecular flexibility index (Phi) is 7.45. The van der Waals surface area contributed by atoms with Crippen LogP contribution in [0.25, 0.3) is 0 Å². The summed E-state index contributed by atoms with van der Waals surface area (Å²) in [4.78, 5) is 21.8. The second-order valence-corrected chi connectivity index (χ2v) is 8.60. The van der Waals surface area contributed by atoms with Gasteiger partial charge in [-0.25, -0.2) is 4.99 Å². The van der Waals surface area contributed by atoms with Crippen molar-refractivity contribution < 1.29 is 4.79 Å². The highest BCUT2D eigenvalue weighted by molar-refractivity contribution is 6.42. The second-order valence-electron chi connectivity index (χ2n) is 7.79. The molecule has 0 saturated carbocycles. The fraction of sp³-hybridized carbons (Fsp3) is 0.455. The second kappa shape index (κ2) is 9.86. The molecule has 6 nitrogen and oxygen atoms in total. The quantitative estimate of drug-likeness (QED) is 0.532. The van der Waals surface area contributed by atoms with Gasteiger partial charge in [-0.1, -0.05) is 42.8 Å². The zero-order valence-corrected chi connectivity index (χ0v) is 18.8. The first-order valence-corrected chi connectivity index (χ1v) is 11.0. The molecule has 1 aromatic rings. The maximum absolute atomic E-state index is 13.2. The molecule has 0 spiro atoms. The molecule has 1 saturated heterocycles. The van der Waals surface area contributed by atoms with E-state index in [2.05, 4.69) is 23.4 Å². The van der Waals surface area contributed by atoms with Gasteiger partial charge in [0.15, 0.2) is 0 Å². The molecule has 2 aliphatic rings. The lowest BCUT2D eigenvalue weighted by atomic mass is 9.97. The number of nitrogens with two attached hydrogens (primary N) is 2. The Balaban J connectivity index is 1.71. The van der Waals surface area contributed by atoms with Gasteiger partial charge in [0.25, 0.3) is 0 Å². The van der Waals surface area contributed by atoms with E-state index in [9.17, 15) is 4.79 Å². The van der Waals surface area contributed by atoms with Gasteiger partial charge in [0.05, 0.1) is 16.0 Å². The molecule has 1 amide bonds. The number of amidine groups is 1. The minimum absolute atomic E-state index is 0.00529. The van der Waals surface area contributed by atoms with Crippen LogP contribution in [0, 0.1) is 5.92 Å². The Morgan fingerprint density at radius 1 is 1.27 bits per heavy atom. The highest BCUT2D eigenvalue weighted by Gasteiger charge is 2.32. The zero-order valence-electron chi connectivity index (χ0n) is 17.3. The lowest BCUT2D eigenvalue weighted by Crippen LogP contribution is -2.52. The van der Waals surface area contributed by atoms with Crippen molar-refractivity contribution in [2.24, 2.45) is 22.4 Å². The van der Waals surface area contributed by atoms with E-state index in [0.29, 0.717) is 42.1 Å². The van der Waals surface area contributed by atoms with E-state index in [0.717, 1.165) is 35.5 Å². The van der Waals surface area contributed by atoms with E-state index in [1.165, 1.54) is 0 Å². The summed E-state index contributed by atoms with van der Waals surface area (Å²) >= 11 is 12.1. The Morgan fingerprint density at radius 3 is 2.47 bits per heavy atom. The highest BCUT2D eigenvalue weighted by atomic mass is 35.5. The minimum atomic E-state index is -0.444. The number of piperazine rings is 1. The number of amides is 1. The Morgan fingerprint density at radius 2 is 1.93 bits per heavy atom. The van der Waals surface area contributed by atoms with Gasteiger partial charge in [-0.2, -0.15) is 0 Å². The van der Waals surface area contributed by atoms with Gasteiger partial charge >= 0.3 is 0 Å². The molecular weight excluding hydrogens is 421 g/mol. The van der Waals surface area contributed by atoms with E-state index >= 15 is 0 Å². The molecule has 0 radical (unpaired) electrons. The molecule has 1 aliphatic carbocycles. The predicted octanol–water partition coefficient (Wildman–Crippen LogP) is 3.36. The van der Waals surface area contributed by atoms with Crippen LogP contribution in [0.2, 0.25) is 10.0 Å². The summed E-state index contributed by atoms with van der Waals surface area (Å²) in [5.74, 6) is 0.825. The van der Waals surface area contributed by atoms with Crippen LogP contribution < -0.4 is 11.5 Å². The molecule has 0 bridgehead atoms. The molecule has 1 aromatic carbocycles. The normalized spacial score (nSPS) is 21.2. The zero-order chi connectivity index (χ0) is 21.8. The van der Waals surface area contributed by atoms with Crippen molar-refractivity contribution in [2.75, 3.05) is 32.7 Å². The first kappa shape index (κ1) is 22.7. The molecule has 0 unspecified atom stereocenters. The minimum Gasteiger partial charge on any atom is -0.402 e. The first-order valence-electron chi connectivity index (χ1n) is 10.2. The lowest BCUT2D eigenvalue weighted by Gasteiger charge is -2.38. The third kappa shape index (κ3) is 4.66. The number of hydrogen-bond acceptors (Lipinski definition) is 4.